The highest BCUT2D eigenvalue weighted by Gasteiger charge is 2.21. The van der Waals surface area contributed by atoms with E-state index in [-0.39, 0.29) is 17.2 Å². The van der Waals surface area contributed by atoms with Gasteiger partial charge in [-0.3, -0.25) is 9.59 Å². The SMILES string of the molecule is CC(C)NC(=O)C(=O)CC(C)(C)C. The van der Waals surface area contributed by atoms with Gasteiger partial charge < -0.3 is 5.32 Å². The van der Waals surface area contributed by atoms with E-state index in [2.05, 4.69) is 5.32 Å². The maximum Gasteiger partial charge on any atom is 0.287 e. The highest BCUT2D eigenvalue weighted by atomic mass is 16.2. The Kier molecular flexibility index (Phi) is 4.11. The summed E-state index contributed by atoms with van der Waals surface area (Å²) in [5, 5.41) is 2.58. The average Bonchev–Trinajstić information content (AvgIpc) is 1.81. The molecule has 3 heteroatoms. The standard InChI is InChI=1S/C10H19NO2/c1-7(2)11-9(13)8(12)6-10(3,4)5/h7H,6H2,1-5H3,(H,11,13). The second-order valence-electron chi connectivity index (χ2n) is 4.79. The Morgan fingerprint density at radius 3 is 2.00 bits per heavy atom. The minimum atomic E-state index is -0.468. The summed E-state index contributed by atoms with van der Waals surface area (Å²) in [6.45, 7) is 9.49. The maximum absolute atomic E-state index is 11.3. The van der Waals surface area contributed by atoms with E-state index in [0.29, 0.717) is 6.42 Å². The predicted octanol–water partition coefficient (Wildman–Crippen LogP) is 1.52. The quantitative estimate of drug-likeness (QED) is 0.677. The molecule has 0 aliphatic rings. The Labute approximate surface area is 79.9 Å². The molecule has 0 aromatic carbocycles. The van der Waals surface area contributed by atoms with Gasteiger partial charge in [0.05, 0.1) is 0 Å². The Balaban J connectivity index is 4.06. The summed E-state index contributed by atoms with van der Waals surface area (Å²) in [6, 6.07) is 0.0245. The number of nitrogens with one attached hydrogen (secondary N) is 1. The van der Waals surface area contributed by atoms with E-state index in [9.17, 15) is 9.59 Å². The molecule has 1 N–H and O–H groups in total. The van der Waals surface area contributed by atoms with E-state index in [1.54, 1.807) is 0 Å². The van der Waals surface area contributed by atoms with Gasteiger partial charge in [0.1, 0.15) is 0 Å². The topological polar surface area (TPSA) is 46.2 Å². The van der Waals surface area contributed by atoms with Crippen LogP contribution in [-0.4, -0.2) is 17.7 Å². The first-order valence-electron chi connectivity index (χ1n) is 4.56. The fourth-order valence-corrected chi connectivity index (χ4v) is 0.905. The second kappa shape index (κ2) is 4.40. The minimum Gasteiger partial charge on any atom is -0.347 e. The van der Waals surface area contributed by atoms with Crippen molar-refractivity contribution in [1.82, 2.24) is 5.32 Å². The van der Waals surface area contributed by atoms with Crippen LogP contribution in [0.3, 0.4) is 0 Å². The lowest BCUT2D eigenvalue weighted by atomic mass is 9.90. The van der Waals surface area contributed by atoms with Crippen molar-refractivity contribution in [2.45, 2.75) is 47.1 Å². The van der Waals surface area contributed by atoms with Gasteiger partial charge in [0.2, 0.25) is 5.78 Å². The van der Waals surface area contributed by atoms with Crippen LogP contribution in [-0.2, 0) is 9.59 Å². The normalized spacial score (nSPS) is 11.5. The van der Waals surface area contributed by atoms with Crippen LogP contribution in [0.15, 0.2) is 0 Å². The Hall–Kier alpha value is -0.860. The van der Waals surface area contributed by atoms with Gasteiger partial charge in [0, 0.05) is 12.5 Å². The molecule has 0 aromatic rings. The first-order valence-corrected chi connectivity index (χ1v) is 4.56. The van der Waals surface area contributed by atoms with Crippen LogP contribution in [0.2, 0.25) is 0 Å². The fourth-order valence-electron chi connectivity index (χ4n) is 0.905. The van der Waals surface area contributed by atoms with Gasteiger partial charge in [-0.25, -0.2) is 0 Å². The summed E-state index contributed by atoms with van der Waals surface area (Å²) in [6.07, 6.45) is 0.297. The lowest BCUT2D eigenvalue weighted by Gasteiger charge is -2.16. The molecule has 0 unspecified atom stereocenters. The third-order valence-electron chi connectivity index (χ3n) is 1.36. The summed E-state index contributed by atoms with van der Waals surface area (Å²) in [5.41, 5.74) is -0.120. The number of amides is 1. The summed E-state index contributed by atoms with van der Waals surface area (Å²) in [5.74, 6) is -0.800. The minimum absolute atomic E-state index is 0.0245. The van der Waals surface area contributed by atoms with Crippen LogP contribution in [0.5, 0.6) is 0 Å². The van der Waals surface area contributed by atoms with E-state index in [1.807, 2.05) is 34.6 Å². The van der Waals surface area contributed by atoms with E-state index in [1.165, 1.54) is 0 Å². The second-order valence-corrected chi connectivity index (χ2v) is 4.79. The summed E-state index contributed by atoms with van der Waals surface area (Å²) < 4.78 is 0. The molecule has 0 rings (SSSR count). The van der Waals surface area contributed by atoms with Crippen molar-refractivity contribution in [3.8, 4) is 0 Å². The van der Waals surface area contributed by atoms with Crippen LogP contribution < -0.4 is 5.32 Å². The zero-order valence-electron chi connectivity index (χ0n) is 9.10. The number of Topliss-reactive ketones (excluding diaryl/α,β-unsaturated/α-hetero) is 1. The molecule has 0 fully saturated rings. The van der Waals surface area contributed by atoms with E-state index >= 15 is 0 Å². The third kappa shape index (κ3) is 6.31. The summed E-state index contributed by atoms with van der Waals surface area (Å²) in [4.78, 5) is 22.5. The zero-order chi connectivity index (χ0) is 10.6. The number of hydrogen-bond acceptors (Lipinski definition) is 2. The molecule has 0 atom stereocenters. The fraction of sp³-hybridized carbons (Fsp3) is 0.800. The summed E-state index contributed by atoms with van der Waals surface area (Å²) in [7, 11) is 0. The molecular formula is C10H19NO2. The average molecular weight is 185 g/mol. The first-order chi connectivity index (χ1) is 5.72. The predicted molar refractivity (Wildman–Crippen MR) is 52.4 cm³/mol. The van der Waals surface area contributed by atoms with E-state index in [0.717, 1.165) is 0 Å². The molecule has 1 amide bonds. The van der Waals surface area contributed by atoms with Gasteiger partial charge in [-0.15, -0.1) is 0 Å². The smallest absolute Gasteiger partial charge is 0.287 e. The Bertz CT molecular complexity index is 201. The number of carbonyl (C=O) groups is 2. The lowest BCUT2D eigenvalue weighted by molar-refractivity contribution is -0.139. The highest BCUT2D eigenvalue weighted by molar-refractivity contribution is 6.36. The zero-order valence-corrected chi connectivity index (χ0v) is 9.10. The number of hydrogen-bond donors (Lipinski definition) is 1. The molecule has 0 bridgehead atoms. The van der Waals surface area contributed by atoms with Crippen molar-refractivity contribution in [2.24, 2.45) is 5.41 Å². The van der Waals surface area contributed by atoms with Crippen molar-refractivity contribution < 1.29 is 9.59 Å². The van der Waals surface area contributed by atoms with Crippen LogP contribution >= 0.6 is 0 Å². The molecule has 0 aromatic heterocycles. The molecule has 76 valence electrons. The molecule has 0 spiro atoms. The highest BCUT2D eigenvalue weighted by Crippen LogP contribution is 2.18. The molecular weight excluding hydrogens is 166 g/mol. The van der Waals surface area contributed by atoms with Crippen LogP contribution in [0.1, 0.15) is 41.0 Å². The molecule has 0 aliphatic heterocycles. The van der Waals surface area contributed by atoms with Crippen LogP contribution in [0, 0.1) is 5.41 Å². The largest absolute Gasteiger partial charge is 0.347 e. The molecule has 13 heavy (non-hydrogen) atoms. The Morgan fingerprint density at radius 2 is 1.69 bits per heavy atom. The van der Waals surface area contributed by atoms with Crippen molar-refractivity contribution in [2.75, 3.05) is 0 Å². The number of carbonyl (C=O) groups excluding carboxylic acids is 2. The molecule has 0 radical (unpaired) electrons. The van der Waals surface area contributed by atoms with Crippen LogP contribution in [0.4, 0.5) is 0 Å². The van der Waals surface area contributed by atoms with Crippen molar-refractivity contribution in [1.29, 1.82) is 0 Å². The van der Waals surface area contributed by atoms with Gasteiger partial charge in [0.25, 0.3) is 5.91 Å². The van der Waals surface area contributed by atoms with Gasteiger partial charge in [-0.1, -0.05) is 20.8 Å². The third-order valence-corrected chi connectivity index (χ3v) is 1.36. The molecule has 0 saturated carbocycles. The first kappa shape index (κ1) is 12.1. The number of ketones is 1. The molecule has 3 nitrogen and oxygen atoms in total. The molecule has 0 heterocycles. The number of rotatable bonds is 3. The van der Waals surface area contributed by atoms with Gasteiger partial charge >= 0.3 is 0 Å². The van der Waals surface area contributed by atoms with Gasteiger partial charge in [-0.05, 0) is 19.3 Å². The molecule has 0 saturated heterocycles. The molecule has 0 aliphatic carbocycles. The van der Waals surface area contributed by atoms with Gasteiger partial charge in [-0.2, -0.15) is 0 Å². The van der Waals surface area contributed by atoms with Crippen molar-refractivity contribution >= 4 is 11.7 Å². The van der Waals surface area contributed by atoms with Crippen LogP contribution in [0.25, 0.3) is 0 Å². The van der Waals surface area contributed by atoms with Crippen molar-refractivity contribution in [3.63, 3.8) is 0 Å². The lowest BCUT2D eigenvalue weighted by Crippen LogP contribution is -2.37. The van der Waals surface area contributed by atoms with Gasteiger partial charge in [0.15, 0.2) is 0 Å². The van der Waals surface area contributed by atoms with E-state index in [4.69, 9.17) is 0 Å². The van der Waals surface area contributed by atoms with E-state index < -0.39 is 5.91 Å². The monoisotopic (exact) mass is 185 g/mol. The maximum atomic E-state index is 11.3. The summed E-state index contributed by atoms with van der Waals surface area (Å²) >= 11 is 0. The van der Waals surface area contributed by atoms with Crippen molar-refractivity contribution in [3.05, 3.63) is 0 Å². The Morgan fingerprint density at radius 1 is 1.23 bits per heavy atom.